The normalized spacial score (nSPS) is 12.1. The number of hydrogen-bond donors (Lipinski definition) is 0. The smallest absolute Gasteiger partial charge is 0.184 e. The van der Waals surface area contributed by atoms with E-state index in [1.165, 1.54) is 17.0 Å². The van der Waals surface area contributed by atoms with E-state index in [0.29, 0.717) is 0 Å². The van der Waals surface area contributed by atoms with Crippen molar-refractivity contribution in [3.63, 3.8) is 0 Å². The fourth-order valence-electron chi connectivity index (χ4n) is 1.79. The third-order valence-electron chi connectivity index (χ3n) is 2.51. The average molecular weight is 236 g/mol. The second kappa shape index (κ2) is 4.22. The molecule has 1 heterocycles. The van der Waals surface area contributed by atoms with Crippen molar-refractivity contribution in [3.8, 4) is 11.3 Å². The molecule has 2 nitrogen and oxygen atoms in total. The summed E-state index contributed by atoms with van der Waals surface area (Å²) >= 11 is 1.64. The number of halogens is 1. The summed E-state index contributed by atoms with van der Waals surface area (Å²) in [5, 5.41) is 0. The summed E-state index contributed by atoms with van der Waals surface area (Å²) in [6.07, 6.45) is 0. The Morgan fingerprint density at radius 2 is 1.88 bits per heavy atom. The Hall–Kier alpha value is -1.42. The molecule has 0 fully saturated rings. The number of aromatic nitrogens is 1. The first-order chi connectivity index (χ1) is 7.63. The molecule has 2 rings (SSSR count). The number of hydrogen-bond acceptors (Lipinski definition) is 2. The fraction of sp³-hybridized carbons (Fsp3) is 0.250. The zero-order valence-corrected chi connectivity index (χ0v) is 10.3. The van der Waals surface area contributed by atoms with Gasteiger partial charge in [-0.25, -0.2) is 4.39 Å². The largest absolute Gasteiger partial charge is 0.320 e. The van der Waals surface area contributed by atoms with Crippen LogP contribution in [0.3, 0.4) is 0 Å². The van der Waals surface area contributed by atoms with Crippen molar-refractivity contribution in [2.24, 2.45) is 12.0 Å². The summed E-state index contributed by atoms with van der Waals surface area (Å²) < 4.78 is 14.9. The van der Waals surface area contributed by atoms with Crippen LogP contribution < -0.4 is 4.80 Å². The van der Waals surface area contributed by atoms with Crippen molar-refractivity contribution >= 4 is 11.3 Å². The van der Waals surface area contributed by atoms with Gasteiger partial charge in [-0.05, 0) is 36.8 Å². The maximum atomic E-state index is 12.9. The first-order valence-corrected chi connectivity index (χ1v) is 5.80. The maximum absolute atomic E-state index is 12.9. The van der Waals surface area contributed by atoms with Crippen LogP contribution in [0.5, 0.6) is 0 Å². The lowest BCUT2D eigenvalue weighted by Gasteiger charge is -2.04. The standard InChI is InChI=1S/C12H13FN2S/c1-8-11(15(3)12(14-2)16-8)9-4-6-10(13)7-5-9/h4-7H,1-3H3. The summed E-state index contributed by atoms with van der Waals surface area (Å²) in [7, 11) is 3.75. The fourth-order valence-corrected chi connectivity index (χ4v) is 2.73. The molecule has 4 heteroatoms. The SMILES string of the molecule is CN=c1sc(C)c(-c2ccc(F)cc2)n1C. The molecule has 0 amide bonds. The summed E-state index contributed by atoms with van der Waals surface area (Å²) in [5.74, 6) is -0.209. The van der Waals surface area contributed by atoms with Crippen LogP contribution in [-0.2, 0) is 7.05 Å². The highest BCUT2D eigenvalue weighted by Crippen LogP contribution is 2.24. The highest BCUT2D eigenvalue weighted by Gasteiger charge is 2.09. The molecule has 0 spiro atoms. The Morgan fingerprint density at radius 1 is 1.25 bits per heavy atom. The van der Waals surface area contributed by atoms with Gasteiger partial charge < -0.3 is 4.57 Å². The second-order valence-electron chi connectivity index (χ2n) is 3.58. The van der Waals surface area contributed by atoms with Gasteiger partial charge in [-0.3, -0.25) is 4.99 Å². The molecule has 16 heavy (non-hydrogen) atoms. The minimum Gasteiger partial charge on any atom is -0.320 e. The van der Waals surface area contributed by atoms with Gasteiger partial charge in [0.15, 0.2) is 4.80 Å². The Bertz CT molecular complexity index is 564. The molecule has 0 aliphatic heterocycles. The third kappa shape index (κ3) is 1.80. The monoisotopic (exact) mass is 236 g/mol. The molecule has 1 aromatic carbocycles. The van der Waals surface area contributed by atoms with Gasteiger partial charge in [-0.1, -0.05) is 0 Å². The molecule has 0 atom stereocenters. The first-order valence-electron chi connectivity index (χ1n) is 4.98. The van der Waals surface area contributed by atoms with Gasteiger partial charge in [-0.15, -0.1) is 11.3 Å². The minimum absolute atomic E-state index is 0.209. The molecule has 0 aliphatic rings. The second-order valence-corrected chi connectivity index (χ2v) is 4.76. The van der Waals surface area contributed by atoms with Gasteiger partial charge in [0.1, 0.15) is 5.82 Å². The first kappa shape index (κ1) is 11.1. The predicted molar refractivity (Wildman–Crippen MR) is 64.9 cm³/mol. The van der Waals surface area contributed by atoms with E-state index in [1.807, 2.05) is 11.6 Å². The van der Waals surface area contributed by atoms with Gasteiger partial charge >= 0.3 is 0 Å². The number of aryl methyl sites for hydroxylation is 1. The van der Waals surface area contributed by atoms with E-state index in [4.69, 9.17) is 0 Å². The van der Waals surface area contributed by atoms with Crippen LogP contribution in [-0.4, -0.2) is 11.6 Å². The van der Waals surface area contributed by atoms with Gasteiger partial charge in [0.25, 0.3) is 0 Å². The Kier molecular flexibility index (Phi) is 2.92. The number of rotatable bonds is 1. The van der Waals surface area contributed by atoms with Gasteiger partial charge in [-0.2, -0.15) is 0 Å². The predicted octanol–water partition coefficient (Wildman–Crippen LogP) is 2.73. The van der Waals surface area contributed by atoms with Gasteiger partial charge in [0, 0.05) is 19.0 Å². The van der Waals surface area contributed by atoms with Crippen LogP contribution in [0.1, 0.15) is 4.88 Å². The highest BCUT2D eigenvalue weighted by molar-refractivity contribution is 7.09. The lowest BCUT2D eigenvalue weighted by molar-refractivity contribution is 0.628. The van der Waals surface area contributed by atoms with E-state index in [1.54, 1.807) is 30.5 Å². The van der Waals surface area contributed by atoms with Crippen LogP contribution in [0.15, 0.2) is 29.3 Å². The summed E-state index contributed by atoms with van der Waals surface area (Å²) in [5.41, 5.74) is 2.12. The molecule has 2 aromatic rings. The molecular weight excluding hydrogens is 223 g/mol. The van der Waals surface area contributed by atoms with Gasteiger partial charge in [0.2, 0.25) is 0 Å². The third-order valence-corrected chi connectivity index (χ3v) is 3.65. The van der Waals surface area contributed by atoms with E-state index >= 15 is 0 Å². The Labute approximate surface area is 97.7 Å². The zero-order valence-electron chi connectivity index (χ0n) is 9.49. The number of nitrogens with zero attached hydrogens (tertiary/aromatic N) is 2. The van der Waals surface area contributed by atoms with Crippen molar-refractivity contribution in [2.75, 3.05) is 7.05 Å². The minimum atomic E-state index is -0.209. The van der Waals surface area contributed by atoms with Crippen molar-refractivity contribution in [1.29, 1.82) is 0 Å². The van der Waals surface area contributed by atoms with E-state index in [0.717, 1.165) is 16.1 Å². The number of benzene rings is 1. The van der Waals surface area contributed by atoms with E-state index in [-0.39, 0.29) is 5.82 Å². The summed E-state index contributed by atoms with van der Waals surface area (Å²) in [6, 6.07) is 6.55. The van der Waals surface area contributed by atoms with Crippen molar-refractivity contribution in [3.05, 3.63) is 39.8 Å². The molecule has 0 aliphatic carbocycles. The maximum Gasteiger partial charge on any atom is 0.184 e. The number of thiazole rings is 1. The average Bonchev–Trinajstić information content (AvgIpc) is 2.56. The topological polar surface area (TPSA) is 17.3 Å². The van der Waals surface area contributed by atoms with Crippen LogP contribution in [0.25, 0.3) is 11.3 Å². The van der Waals surface area contributed by atoms with Crippen molar-refractivity contribution < 1.29 is 4.39 Å². The molecule has 0 saturated carbocycles. The highest BCUT2D eigenvalue weighted by atomic mass is 32.1. The Morgan fingerprint density at radius 3 is 2.38 bits per heavy atom. The summed E-state index contributed by atoms with van der Waals surface area (Å²) in [6.45, 7) is 2.05. The van der Waals surface area contributed by atoms with Gasteiger partial charge in [0.05, 0.1) is 5.69 Å². The molecule has 0 radical (unpaired) electrons. The van der Waals surface area contributed by atoms with Crippen molar-refractivity contribution in [1.82, 2.24) is 4.57 Å². The van der Waals surface area contributed by atoms with E-state index < -0.39 is 0 Å². The molecule has 0 N–H and O–H groups in total. The summed E-state index contributed by atoms with van der Waals surface area (Å²) in [4.78, 5) is 6.36. The van der Waals surface area contributed by atoms with Crippen molar-refractivity contribution in [2.45, 2.75) is 6.92 Å². The molecule has 0 saturated heterocycles. The van der Waals surface area contributed by atoms with Crippen LogP contribution in [0.4, 0.5) is 4.39 Å². The molecule has 84 valence electrons. The van der Waals surface area contributed by atoms with E-state index in [2.05, 4.69) is 11.9 Å². The zero-order chi connectivity index (χ0) is 11.7. The van der Waals surface area contributed by atoms with E-state index in [9.17, 15) is 4.39 Å². The molecule has 1 aromatic heterocycles. The van der Waals surface area contributed by atoms with Crippen LogP contribution in [0.2, 0.25) is 0 Å². The molecule has 0 unspecified atom stereocenters. The Balaban J connectivity index is 2.64. The lowest BCUT2D eigenvalue weighted by Crippen LogP contribution is -2.10. The van der Waals surface area contributed by atoms with Crippen LogP contribution >= 0.6 is 11.3 Å². The molecule has 0 bridgehead atoms. The molecular formula is C12H13FN2S. The van der Waals surface area contributed by atoms with Crippen LogP contribution in [0, 0.1) is 12.7 Å². The quantitative estimate of drug-likeness (QED) is 0.724. The lowest BCUT2D eigenvalue weighted by atomic mass is 10.1.